The predicted molar refractivity (Wildman–Crippen MR) is 88.8 cm³/mol. The summed E-state index contributed by atoms with van der Waals surface area (Å²) in [5.74, 6) is 0.379. The number of esters is 2. The van der Waals surface area contributed by atoms with Gasteiger partial charge in [0, 0.05) is 6.08 Å². The van der Waals surface area contributed by atoms with Gasteiger partial charge in [-0.3, -0.25) is 4.79 Å². The lowest BCUT2D eigenvalue weighted by atomic mass is 9.84. The van der Waals surface area contributed by atoms with E-state index >= 15 is 0 Å². The zero-order valence-corrected chi connectivity index (χ0v) is 14.3. The first-order valence-electron chi connectivity index (χ1n) is 9.15. The molecule has 0 amide bonds. The molecule has 0 saturated heterocycles. The van der Waals surface area contributed by atoms with E-state index in [1.807, 2.05) is 0 Å². The van der Waals surface area contributed by atoms with Gasteiger partial charge in [-0.1, -0.05) is 26.3 Å². The summed E-state index contributed by atoms with van der Waals surface area (Å²) in [7, 11) is 0. The van der Waals surface area contributed by atoms with Crippen molar-refractivity contribution in [3.8, 4) is 0 Å². The Balaban J connectivity index is 1.67. The second kappa shape index (κ2) is 9.09. The SMILES string of the molecule is C=CC(=O)OC1CCC(C(=O)OC2CCC(CCC)CC2)CC1. The van der Waals surface area contributed by atoms with E-state index in [0.717, 1.165) is 44.4 Å². The van der Waals surface area contributed by atoms with Crippen molar-refractivity contribution in [3.63, 3.8) is 0 Å². The number of hydrogen-bond donors (Lipinski definition) is 0. The van der Waals surface area contributed by atoms with Crippen LogP contribution in [0.25, 0.3) is 0 Å². The molecule has 130 valence electrons. The van der Waals surface area contributed by atoms with Crippen molar-refractivity contribution < 1.29 is 19.1 Å². The first kappa shape index (κ1) is 18.0. The van der Waals surface area contributed by atoms with E-state index in [1.54, 1.807) is 0 Å². The number of rotatable bonds is 6. The minimum Gasteiger partial charge on any atom is -0.462 e. The molecule has 4 nitrogen and oxygen atoms in total. The van der Waals surface area contributed by atoms with Crippen molar-refractivity contribution in [3.05, 3.63) is 12.7 Å². The van der Waals surface area contributed by atoms with Gasteiger partial charge in [-0.2, -0.15) is 0 Å². The van der Waals surface area contributed by atoms with Gasteiger partial charge in [-0.25, -0.2) is 4.79 Å². The van der Waals surface area contributed by atoms with Crippen LogP contribution < -0.4 is 0 Å². The van der Waals surface area contributed by atoms with Crippen LogP contribution in [-0.4, -0.2) is 24.1 Å². The third kappa shape index (κ3) is 5.67. The maximum atomic E-state index is 12.3. The van der Waals surface area contributed by atoms with Crippen LogP contribution in [0.4, 0.5) is 0 Å². The normalized spacial score (nSPS) is 31.2. The Morgan fingerprint density at radius 2 is 1.52 bits per heavy atom. The van der Waals surface area contributed by atoms with Gasteiger partial charge in [0.05, 0.1) is 5.92 Å². The molecule has 2 saturated carbocycles. The van der Waals surface area contributed by atoms with Crippen LogP contribution in [0.1, 0.15) is 71.1 Å². The highest BCUT2D eigenvalue weighted by Gasteiger charge is 2.31. The van der Waals surface area contributed by atoms with Gasteiger partial charge < -0.3 is 9.47 Å². The monoisotopic (exact) mass is 322 g/mol. The number of hydrogen-bond acceptors (Lipinski definition) is 4. The molecule has 2 aliphatic rings. The molecule has 0 bridgehead atoms. The van der Waals surface area contributed by atoms with Crippen LogP contribution in [0.3, 0.4) is 0 Å². The molecular weight excluding hydrogens is 292 g/mol. The number of carbonyl (C=O) groups is 2. The average Bonchev–Trinajstić information content (AvgIpc) is 2.57. The third-order valence-electron chi connectivity index (χ3n) is 5.23. The Labute approximate surface area is 139 Å². The van der Waals surface area contributed by atoms with E-state index in [-0.39, 0.29) is 30.1 Å². The topological polar surface area (TPSA) is 52.6 Å². The lowest BCUT2D eigenvalue weighted by Crippen LogP contribution is -2.32. The molecule has 0 radical (unpaired) electrons. The largest absolute Gasteiger partial charge is 0.462 e. The van der Waals surface area contributed by atoms with Crippen molar-refractivity contribution in [2.45, 2.75) is 83.3 Å². The molecule has 0 heterocycles. The van der Waals surface area contributed by atoms with E-state index in [4.69, 9.17) is 9.47 Å². The molecule has 0 spiro atoms. The van der Waals surface area contributed by atoms with Crippen LogP contribution in [0.2, 0.25) is 0 Å². The van der Waals surface area contributed by atoms with Crippen molar-refractivity contribution in [2.24, 2.45) is 11.8 Å². The Kier molecular flexibility index (Phi) is 7.13. The summed E-state index contributed by atoms with van der Waals surface area (Å²) >= 11 is 0. The molecule has 4 heteroatoms. The Morgan fingerprint density at radius 1 is 0.957 bits per heavy atom. The Hall–Kier alpha value is -1.32. The summed E-state index contributed by atoms with van der Waals surface area (Å²) in [6, 6.07) is 0. The van der Waals surface area contributed by atoms with Crippen LogP contribution >= 0.6 is 0 Å². The summed E-state index contributed by atoms with van der Waals surface area (Å²) in [4.78, 5) is 23.5. The lowest BCUT2D eigenvalue weighted by molar-refractivity contribution is -0.158. The first-order chi connectivity index (χ1) is 11.1. The van der Waals surface area contributed by atoms with Gasteiger partial charge >= 0.3 is 11.9 Å². The molecule has 0 N–H and O–H groups in total. The summed E-state index contributed by atoms with van der Waals surface area (Å²) in [5.41, 5.74) is 0. The van der Waals surface area contributed by atoms with Gasteiger partial charge in [-0.15, -0.1) is 0 Å². The fourth-order valence-corrected chi connectivity index (χ4v) is 3.84. The van der Waals surface area contributed by atoms with Crippen molar-refractivity contribution in [1.82, 2.24) is 0 Å². The van der Waals surface area contributed by atoms with E-state index < -0.39 is 0 Å². The quantitative estimate of drug-likeness (QED) is 0.544. The second-order valence-electron chi connectivity index (χ2n) is 6.98. The van der Waals surface area contributed by atoms with Crippen LogP contribution in [0.15, 0.2) is 12.7 Å². The second-order valence-corrected chi connectivity index (χ2v) is 6.98. The molecule has 0 unspecified atom stereocenters. The van der Waals surface area contributed by atoms with Gasteiger partial charge in [0.1, 0.15) is 12.2 Å². The Bertz CT molecular complexity index is 402. The molecule has 0 atom stereocenters. The van der Waals surface area contributed by atoms with E-state index in [1.165, 1.54) is 31.8 Å². The lowest BCUT2D eigenvalue weighted by Gasteiger charge is -2.31. The maximum Gasteiger partial charge on any atom is 0.330 e. The van der Waals surface area contributed by atoms with Gasteiger partial charge in [-0.05, 0) is 57.3 Å². The summed E-state index contributed by atoms with van der Waals surface area (Å²) in [6.07, 6.45) is 11.2. The molecule has 2 aliphatic carbocycles. The predicted octanol–water partition coefficient (Wildman–Crippen LogP) is 4.18. The van der Waals surface area contributed by atoms with Crippen molar-refractivity contribution in [1.29, 1.82) is 0 Å². The zero-order chi connectivity index (χ0) is 16.7. The molecule has 23 heavy (non-hydrogen) atoms. The molecule has 2 rings (SSSR count). The first-order valence-corrected chi connectivity index (χ1v) is 9.15. The van der Waals surface area contributed by atoms with Crippen LogP contribution in [-0.2, 0) is 19.1 Å². The van der Waals surface area contributed by atoms with Crippen LogP contribution in [0.5, 0.6) is 0 Å². The maximum absolute atomic E-state index is 12.3. The summed E-state index contributed by atoms with van der Waals surface area (Å²) < 4.78 is 11.0. The number of carbonyl (C=O) groups excluding carboxylic acids is 2. The van der Waals surface area contributed by atoms with Gasteiger partial charge in [0.2, 0.25) is 0 Å². The van der Waals surface area contributed by atoms with E-state index in [9.17, 15) is 9.59 Å². The van der Waals surface area contributed by atoms with Gasteiger partial charge in [0.15, 0.2) is 0 Å². The van der Waals surface area contributed by atoms with E-state index in [2.05, 4.69) is 13.5 Å². The zero-order valence-electron chi connectivity index (χ0n) is 14.3. The smallest absolute Gasteiger partial charge is 0.330 e. The molecule has 0 aliphatic heterocycles. The fraction of sp³-hybridized carbons (Fsp3) is 0.789. The van der Waals surface area contributed by atoms with Crippen LogP contribution in [0, 0.1) is 11.8 Å². The van der Waals surface area contributed by atoms with Crippen molar-refractivity contribution >= 4 is 11.9 Å². The fourth-order valence-electron chi connectivity index (χ4n) is 3.84. The minimum absolute atomic E-state index is 0.0259. The van der Waals surface area contributed by atoms with Gasteiger partial charge in [0.25, 0.3) is 0 Å². The molecule has 0 aromatic rings. The van der Waals surface area contributed by atoms with Crippen molar-refractivity contribution in [2.75, 3.05) is 0 Å². The molecule has 2 fully saturated rings. The molecule has 0 aromatic heterocycles. The van der Waals surface area contributed by atoms with E-state index in [0.29, 0.717) is 0 Å². The standard InChI is InChI=1S/C19H30O4/c1-3-5-14-6-10-17(11-7-14)23-19(21)15-8-12-16(13-9-15)22-18(20)4-2/h4,14-17H,2-3,5-13H2,1H3. The molecular formula is C19H30O4. The highest BCUT2D eigenvalue weighted by Crippen LogP contribution is 2.32. The third-order valence-corrected chi connectivity index (χ3v) is 5.23. The average molecular weight is 322 g/mol. The summed E-state index contributed by atoms with van der Waals surface area (Å²) in [5, 5.41) is 0. The minimum atomic E-state index is -0.375. The molecule has 0 aromatic carbocycles. The highest BCUT2D eigenvalue weighted by atomic mass is 16.5. The summed E-state index contributed by atoms with van der Waals surface area (Å²) in [6.45, 7) is 5.63. The highest BCUT2D eigenvalue weighted by molar-refractivity contribution is 5.81. The number of ether oxygens (including phenoxy) is 2. The Morgan fingerprint density at radius 3 is 2.09 bits per heavy atom.